The molecule has 6 heteroatoms. The first-order chi connectivity index (χ1) is 9.61. The molecule has 1 aromatic rings. The van der Waals surface area contributed by atoms with Crippen molar-refractivity contribution < 1.29 is 14.7 Å². The number of hydrogen-bond donors (Lipinski definition) is 2. The lowest BCUT2D eigenvalue weighted by Gasteiger charge is -2.29. The normalized spacial score (nSPS) is 12.8. The van der Waals surface area contributed by atoms with Crippen molar-refractivity contribution >= 4 is 35.1 Å². The molecule has 2 N–H and O–H groups in total. The summed E-state index contributed by atoms with van der Waals surface area (Å²) in [6.45, 7) is 6.11. The monoisotopic (exact) mass is 331 g/mol. The number of carbonyl (C=O) groups is 2. The summed E-state index contributed by atoms with van der Waals surface area (Å²) in [7, 11) is 0. The zero-order valence-corrected chi connectivity index (χ0v) is 13.8. The van der Waals surface area contributed by atoms with Crippen LogP contribution < -0.4 is 5.32 Å². The highest BCUT2D eigenvalue weighted by Gasteiger charge is 2.27. The van der Waals surface area contributed by atoms with Gasteiger partial charge < -0.3 is 10.4 Å². The first-order valence-corrected chi connectivity index (χ1v) is 7.32. The topological polar surface area (TPSA) is 66.4 Å². The molecule has 116 valence electrons. The van der Waals surface area contributed by atoms with Gasteiger partial charge in [0.15, 0.2) is 0 Å². The fraction of sp³-hybridized carbons (Fsp3) is 0.467. The number of hydrogen-bond acceptors (Lipinski definition) is 2. The molecule has 21 heavy (non-hydrogen) atoms. The minimum Gasteiger partial charge on any atom is -0.481 e. The van der Waals surface area contributed by atoms with E-state index in [0.717, 1.165) is 0 Å². The lowest BCUT2D eigenvalue weighted by atomic mass is 9.78. The molecule has 1 amide bonds. The van der Waals surface area contributed by atoms with Crippen LogP contribution in [0, 0.1) is 11.3 Å². The van der Waals surface area contributed by atoms with Crippen molar-refractivity contribution in [3.63, 3.8) is 0 Å². The third kappa shape index (κ3) is 5.56. The Morgan fingerprint density at radius 3 is 2.38 bits per heavy atom. The van der Waals surface area contributed by atoms with E-state index in [9.17, 15) is 9.59 Å². The fourth-order valence-corrected chi connectivity index (χ4v) is 2.37. The van der Waals surface area contributed by atoms with Crippen molar-refractivity contribution in [2.45, 2.75) is 27.2 Å². The van der Waals surface area contributed by atoms with Crippen LogP contribution in [0.15, 0.2) is 18.2 Å². The molecular formula is C15H19Cl2NO3. The number of carbonyl (C=O) groups excluding carboxylic acids is 1. The van der Waals surface area contributed by atoms with Gasteiger partial charge in [0.05, 0.1) is 17.0 Å². The molecule has 1 atom stereocenters. The Hall–Kier alpha value is -1.26. The summed E-state index contributed by atoms with van der Waals surface area (Å²) in [5, 5.41) is 12.4. The van der Waals surface area contributed by atoms with E-state index in [0.29, 0.717) is 10.6 Å². The van der Waals surface area contributed by atoms with Crippen LogP contribution in [0.4, 0.5) is 0 Å². The predicted molar refractivity (Wildman–Crippen MR) is 84.0 cm³/mol. The molecule has 0 aliphatic heterocycles. The molecular weight excluding hydrogens is 313 g/mol. The molecule has 0 aliphatic rings. The Bertz CT molecular complexity index is 538. The van der Waals surface area contributed by atoms with Crippen LogP contribution >= 0.6 is 23.2 Å². The van der Waals surface area contributed by atoms with E-state index < -0.39 is 5.97 Å². The second kappa shape index (κ2) is 7.14. The molecule has 0 bridgehead atoms. The maximum atomic E-state index is 12.1. The molecule has 0 aliphatic carbocycles. The minimum absolute atomic E-state index is 0.00186. The van der Waals surface area contributed by atoms with Crippen molar-refractivity contribution in [1.82, 2.24) is 5.32 Å². The second-order valence-corrected chi connectivity index (χ2v) is 6.84. The van der Waals surface area contributed by atoms with E-state index in [1.54, 1.807) is 12.1 Å². The van der Waals surface area contributed by atoms with E-state index in [1.165, 1.54) is 6.07 Å². The van der Waals surface area contributed by atoms with Gasteiger partial charge >= 0.3 is 5.97 Å². The summed E-state index contributed by atoms with van der Waals surface area (Å²) in [6.07, 6.45) is -0.00186. The van der Waals surface area contributed by atoms with E-state index in [-0.39, 0.29) is 35.2 Å². The van der Waals surface area contributed by atoms with Crippen LogP contribution in [0.25, 0.3) is 0 Å². The van der Waals surface area contributed by atoms with Crippen LogP contribution in [0.5, 0.6) is 0 Å². The van der Waals surface area contributed by atoms with Gasteiger partial charge in [-0.15, -0.1) is 0 Å². The molecule has 4 nitrogen and oxygen atoms in total. The summed E-state index contributed by atoms with van der Waals surface area (Å²) in [6, 6.07) is 4.63. The Morgan fingerprint density at radius 1 is 1.29 bits per heavy atom. The quantitative estimate of drug-likeness (QED) is 0.860. The lowest BCUT2D eigenvalue weighted by Crippen LogP contribution is -2.36. The van der Waals surface area contributed by atoms with Crippen molar-refractivity contribution in [3.8, 4) is 0 Å². The van der Waals surface area contributed by atoms with E-state index in [4.69, 9.17) is 28.3 Å². The van der Waals surface area contributed by atoms with Crippen molar-refractivity contribution in [2.75, 3.05) is 6.54 Å². The molecule has 0 aromatic heterocycles. The summed E-state index contributed by atoms with van der Waals surface area (Å²) in [4.78, 5) is 23.0. The van der Waals surface area contributed by atoms with Gasteiger partial charge in [-0.2, -0.15) is 0 Å². The Balaban J connectivity index is 2.75. The molecule has 0 spiro atoms. The zero-order chi connectivity index (χ0) is 16.2. The first kappa shape index (κ1) is 17.8. The highest BCUT2D eigenvalue weighted by molar-refractivity contribution is 6.36. The van der Waals surface area contributed by atoms with Gasteiger partial charge in [-0.25, -0.2) is 0 Å². The van der Waals surface area contributed by atoms with Gasteiger partial charge in [0.25, 0.3) is 5.91 Å². The number of rotatable bonds is 5. The van der Waals surface area contributed by atoms with Gasteiger partial charge in [-0.05, 0) is 29.5 Å². The largest absolute Gasteiger partial charge is 0.481 e. The lowest BCUT2D eigenvalue weighted by molar-refractivity contribution is -0.139. The number of nitrogens with one attached hydrogen (secondary N) is 1. The minimum atomic E-state index is -0.881. The highest BCUT2D eigenvalue weighted by Crippen LogP contribution is 2.28. The Morgan fingerprint density at radius 2 is 1.90 bits per heavy atom. The SMILES string of the molecule is CC(C)(C)C(CNC(=O)c1ccc(Cl)cc1Cl)CC(=O)O. The van der Waals surface area contributed by atoms with E-state index >= 15 is 0 Å². The Labute approximate surface area is 134 Å². The summed E-state index contributed by atoms with van der Waals surface area (Å²) in [5.41, 5.74) is 0.0965. The molecule has 0 fully saturated rings. The van der Waals surface area contributed by atoms with Crippen molar-refractivity contribution in [2.24, 2.45) is 11.3 Å². The molecule has 0 saturated carbocycles. The number of aliphatic carboxylic acids is 1. The summed E-state index contributed by atoms with van der Waals surface area (Å²) in [5.74, 6) is -1.39. The fourth-order valence-electron chi connectivity index (χ4n) is 1.88. The average molecular weight is 332 g/mol. The van der Waals surface area contributed by atoms with Gasteiger partial charge in [0, 0.05) is 11.6 Å². The van der Waals surface area contributed by atoms with Crippen LogP contribution in [-0.2, 0) is 4.79 Å². The van der Waals surface area contributed by atoms with Crippen molar-refractivity contribution in [3.05, 3.63) is 33.8 Å². The molecule has 1 unspecified atom stereocenters. The summed E-state index contributed by atoms with van der Waals surface area (Å²) >= 11 is 11.8. The number of benzene rings is 1. The number of carboxylic acids is 1. The van der Waals surface area contributed by atoms with Gasteiger partial charge in [0.1, 0.15) is 0 Å². The Kier molecular flexibility index (Phi) is 6.05. The van der Waals surface area contributed by atoms with Crippen LogP contribution in [0.1, 0.15) is 37.6 Å². The highest BCUT2D eigenvalue weighted by atomic mass is 35.5. The van der Waals surface area contributed by atoms with Crippen molar-refractivity contribution in [1.29, 1.82) is 0 Å². The second-order valence-electron chi connectivity index (χ2n) is 6.00. The number of halogens is 2. The average Bonchev–Trinajstić information content (AvgIpc) is 2.32. The smallest absolute Gasteiger partial charge is 0.303 e. The standard InChI is InChI=1S/C15H19Cl2NO3/c1-15(2,3)9(6-13(19)20)8-18-14(21)11-5-4-10(16)7-12(11)17/h4-5,7,9H,6,8H2,1-3H3,(H,18,21)(H,19,20). The number of carboxylic acid groups (broad SMARTS) is 1. The van der Waals surface area contributed by atoms with Crippen LogP contribution in [0.3, 0.4) is 0 Å². The maximum Gasteiger partial charge on any atom is 0.303 e. The first-order valence-electron chi connectivity index (χ1n) is 6.56. The van der Waals surface area contributed by atoms with Crippen LogP contribution in [-0.4, -0.2) is 23.5 Å². The third-order valence-corrected chi connectivity index (χ3v) is 3.88. The summed E-state index contributed by atoms with van der Waals surface area (Å²) < 4.78 is 0. The third-order valence-electron chi connectivity index (χ3n) is 3.33. The molecule has 0 heterocycles. The molecule has 0 saturated heterocycles. The maximum absolute atomic E-state index is 12.1. The van der Waals surface area contributed by atoms with Crippen LogP contribution in [0.2, 0.25) is 10.0 Å². The van der Waals surface area contributed by atoms with Gasteiger partial charge in [0.2, 0.25) is 0 Å². The van der Waals surface area contributed by atoms with E-state index in [2.05, 4.69) is 5.32 Å². The number of amides is 1. The molecule has 1 aromatic carbocycles. The molecule has 0 radical (unpaired) electrons. The van der Waals surface area contributed by atoms with E-state index in [1.807, 2.05) is 20.8 Å². The van der Waals surface area contributed by atoms with Gasteiger partial charge in [-0.1, -0.05) is 44.0 Å². The predicted octanol–water partition coefficient (Wildman–Crippen LogP) is 3.86. The molecule has 1 rings (SSSR count). The van der Waals surface area contributed by atoms with Gasteiger partial charge in [-0.3, -0.25) is 9.59 Å². The zero-order valence-electron chi connectivity index (χ0n) is 12.2.